The molecule has 0 aliphatic rings. The van der Waals surface area contributed by atoms with Gasteiger partial charge in [-0.2, -0.15) is 0 Å². The third kappa shape index (κ3) is 7.49. The van der Waals surface area contributed by atoms with Crippen molar-refractivity contribution in [2.75, 3.05) is 13.1 Å². The third-order valence-electron chi connectivity index (χ3n) is 5.27. The smallest absolute Gasteiger partial charge is 0.242 e. The Labute approximate surface area is 185 Å². The average molecular weight is 429 g/mol. The van der Waals surface area contributed by atoms with Gasteiger partial charge in [-0.15, -0.1) is 0 Å². The lowest BCUT2D eigenvalue weighted by Crippen LogP contribution is -2.50. The number of nitrogens with zero attached hydrogens (tertiary/aromatic N) is 1. The summed E-state index contributed by atoms with van der Waals surface area (Å²) in [5.74, 6) is -0.0755. The Bertz CT molecular complexity index is 795. The zero-order valence-corrected chi connectivity index (χ0v) is 18.8. The predicted octanol–water partition coefficient (Wildman–Crippen LogP) is 5.04. The number of benzene rings is 2. The van der Waals surface area contributed by atoms with Gasteiger partial charge >= 0.3 is 0 Å². The summed E-state index contributed by atoms with van der Waals surface area (Å²) in [4.78, 5) is 27.8. The Kier molecular flexibility index (Phi) is 10.4. The van der Waals surface area contributed by atoms with Crippen molar-refractivity contribution in [2.45, 2.75) is 58.4 Å². The van der Waals surface area contributed by atoms with Crippen molar-refractivity contribution in [1.82, 2.24) is 10.2 Å². The fourth-order valence-corrected chi connectivity index (χ4v) is 3.72. The summed E-state index contributed by atoms with van der Waals surface area (Å²) in [5, 5.41) is 3.67. The minimum atomic E-state index is -0.454. The first-order valence-electron chi connectivity index (χ1n) is 10.9. The van der Waals surface area contributed by atoms with Crippen LogP contribution in [0.2, 0.25) is 5.02 Å². The number of unbranched alkanes of at least 4 members (excludes halogenated alkanes) is 1. The number of aryl methyl sites for hydroxylation is 1. The highest BCUT2D eigenvalue weighted by Crippen LogP contribution is 2.18. The number of halogens is 1. The van der Waals surface area contributed by atoms with Gasteiger partial charge in [0.15, 0.2) is 0 Å². The lowest BCUT2D eigenvalue weighted by molar-refractivity contribution is -0.140. The Morgan fingerprint density at radius 1 is 1.00 bits per heavy atom. The molecule has 0 saturated heterocycles. The van der Waals surface area contributed by atoms with Crippen LogP contribution in [-0.2, 0) is 22.4 Å². The Morgan fingerprint density at radius 2 is 1.70 bits per heavy atom. The largest absolute Gasteiger partial charge is 0.354 e. The van der Waals surface area contributed by atoms with E-state index in [4.69, 9.17) is 11.6 Å². The number of rotatable bonds is 12. The van der Waals surface area contributed by atoms with Gasteiger partial charge in [0.2, 0.25) is 11.8 Å². The quantitative estimate of drug-likeness (QED) is 0.481. The van der Waals surface area contributed by atoms with Gasteiger partial charge in [-0.1, -0.05) is 80.4 Å². The zero-order valence-electron chi connectivity index (χ0n) is 18.1. The van der Waals surface area contributed by atoms with E-state index in [0.29, 0.717) is 37.4 Å². The van der Waals surface area contributed by atoms with Crippen LogP contribution in [0.5, 0.6) is 0 Å². The molecule has 5 heteroatoms. The lowest BCUT2D eigenvalue weighted by Gasteiger charge is -2.31. The first-order valence-corrected chi connectivity index (χ1v) is 11.3. The molecule has 0 spiro atoms. The van der Waals surface area contributed by atoms with Crippen molar-refractivity contribution in [2.24, 2.45) is 0 Å². The summed E-state index contributed by atoms with van der Waals surface area (Å²) in [6.45, 7) is 5.21. The molecule has 2 rings (SSSR count). The molecule has 2 amide bonds. The fraction of sp³-hybridized carbons (Fsp3) is 0.440. The summed E-state index contributed by atoms with van der Waals surface area (Å²) < 4.78 is 0. The van der Waals surface area contributed by atoms with E-state index in [2.05, 4.69) is 24.4 Å². The standard InChI is InChI=1S/C25H33ClN2O2/c1-3-5-18-27-25(30)23(4-2)28(19-17-20-11-7-6-8-12-20)24(29)16-15-21-13-9-10-14-22(21)26/h6-14,23H,3-5,15-19H2,1-2H3,(H,27,30). The molecule has 0 aromatic heterocycles. The van der Waals surface area contributed by atoms with Crippen LogP contribution in [0.3, 0.4) is 0 Å². The molecular weight excluding hydrogens is 396 g/mol. The Balaban J connectivity index is 2.10. The van der Waals surface area contributed by atoms with Crippen LogP contribution in [0.1, 0.15) is 50.7 Å². The van der Waals surface area contributed by atoms with Gasteiger partial charge in [0.1, 0.15) is 6.04 Å². The first-order chi connectivity index (χ1) is 14.6. The number of amides is 2. The van der Waals surface area contributed by atoms with Crippen molar-refractivity contribution in [3.8, 4) is 0 Å². The molecule has 0 aliphatic heterocycles. The van der Waals surface area contributed by atoms with E-state index in [1.54, 1.807) is 4.90 Å². The van der Waals surface area contributed by atoms with Crippen LogP contribution in [0, 0.1) is 0 Å². The molecule has 162 valence electrons. The summed E-state index contributed by atoms with van der Waals surface area (Å²) in [7, 11) is 0. The topological polar surface area (TPSA) is 49.4 Å². The molecule has 1 unspecified atom stereocenters. The second-order valence-corrected chi connectivity index (χ2v) is 7.89. The molecule has 1 atom stereocenters. The molecular formula is C25H33ClN2O2. The van der Waals surface area contributed by atoms with Gasteiger partial charge < -0.3 is 10.2 Å². The molecule has 0 radical (unpaired) electrons. The van der Waals surface area contributed by atoms with E-state index in [1.807, 2.05) is 49.4 Å². The van der Waals surface area contributed by atoms with Crippen molar-refractivity contribution in [3.63, 3.8) is 0 Å². The molecule has 2 aromatic carbocycles. The molecule has 4 nitrogen and oxygen atoms in total. The number of carbonyl (C=O) groups excluding carboxylic acids is 2. The van der Waals surface area contributed by atoms with Crippen molar-refractivity contribution in [3.05, 3.63) is 70.7 Å². The minimum Gasteiger partial charge on any atom is -0.354 e. The van der Waals surface area contributed by atoms with Crippen LogP contribution >= 0.6 is 11.6 Å². The van der Waals surface area contributed by atoms with E-state index in [9.17, 15) is 9.59 Å². The second kappa shape index (κ2) is 13.1. The van der Waals surface area contributed by atoms with Gasteiger partial charge in [-0.3, -0.25) is 9.59 Å². The molecule has 0 heterocycles. The third-order valence-corrected chi connectivity index (χ3v) is 5.63. The number of carbonyl (C=O) groups is 2. The highest BCUT2D eigenvalue weighted by molar-refractivity contribution is 6.31. The van der Waals surface area contributed by atoms with E-state index in [-0.39, 0.29) is 11.8 Å². The summed E-state index contributed by atoms with van der Waals surface area (Å²) in [6.07, 6.45) is 4.16. The predicted molar refractivity (Wildman–Crippen MR) is 124 cm³/mol. The molecule has 0 aliphatic carbocycles. The van der Waals surface area contributed by atoms with Crippen molar-refractivity contribution >= 4 is 23.4 Å². The van der Waals surface area contributed by atoms with Crippen LogP contribution in [0.25, 0.3) is 0 Å². The fourth-order valence-electron chi connectivity index (χ4n) is 3.49. The SMILES string of the molecule is CCCCNC(=O)C(CC)N(CCc1ccccc1)C(=O)CCc1ccccc1Cl. The maximum atomic E-state index is 13.2. The highest BCUT2D eigenvalue weighted by atomic mass is 35.5. The number of nitrogens with one attached hydrogen (secondary N) is 1. The zero-order chi connectivity index (χ0) is 21.8. The average Bonchev–Trinajstić information content (AvgIpc) is 2.76. The van der Waals surface area contributed by atoms with E-state index < -0.39 is 6.04 Å². The molecule has 2 aromatic rings. The van der Waals surface area contributed by atoms with Crippen LogP contribution in [0.15, 0.2) is 54.6 Å². The molecule has 1 N–H and O–H groups in total. The van der Waals surface area contributed by atoms with Crippen molar-refractivity contribution < 1.29 is 9.59 Å². The lowest BCUT2D eigenvalue weighted by atomic mass is 10.1. The van der Waals surface area contributed by atoms with Crippen LogP contribution in [0.4, 0.5) is 0 Å². The maximum Gasteiger partial charge on any atom is 0.242 e. The normalized spacial score (nSPS) is 11.7. The Morgan fingerprint density at radius 3 is 2.37 bits per heavy atom. The summed E-state index contributed by atoms with van der Waals surface area (Å²) in [5.41, 5.74) is 2.11. The number of hydrogen-bond acceptors (Lipinski definition) is 2. The number of hydrogen-bond donors (Lipinski definition) is 1. The second-order valence-electron chi connectivity index (χ2n) is 7.48. The maximum absolute atomic E-state index is 13.2. The van der Waals surface area contributed by atoms with Gasteiger partial charge in [0.25, 0.3) is 0 Å². The molecule has 0 fully saturated rings. The minimum absolute atomic E-state index is 0.0108. The summed E-state index contributed by atoms with van der Waals surface area (Å²) in [6, 6.07) is 17.2. The van der Waals surface area contributed by atoms with E-state index >= 15 is 0 Å². The molecule has 0 saturated carbocycles. The van der Waals surface area contributed by atoms with Crippen LogP contribution in [-0.4, -0.2) is 35.8 Å². The van der Waals surface area contributed by atoms with Crippen molar-refractivity contribution in [1.29, 1.82) is 0 Å². The molecule has 30 heavy (non-hydrogen) atoms. The Hall–Kier alpha value is -2.33. The van der Waals surface area contributed by atoms with E-state index in [0.717, 1.165) is 30.4 Å². The molecule has 0 bridgehead atoms. The van der Waals surface area contributed by atoms with Gasteiger partial charge in [0, 0.05) is 24.5 Å². The van der Waals surface area contributed by atoms with Gasteiger partial charge in [-0.25, -0.2) is 0 Å². The monoisotopic (exact) mass is 428 g/mol. The first kappa shape index (κ1) is 23.9. The highest BCUT2D eigenvalue weighted by Gasteiger charge is 2.27. The van der Waals surface area contributed by atoms with Gasteiger partial charge in [0.05, 0.1) is 0 Å². The van der Waals surface area contributed by atoms with Gasteiger partial charge in [-0.05, 0) is 42.9 Å². The van der Waals surface area contributed by atoms with Crippen LogP contribution < -0.4 is 5.32 Å². The van der Waals surface area contributed by atoms with E-state index in [1.165, 1.54) is 0 Å². The summed E-state index contributed by atoms with van der Waals surface area (Å²) >= 11 is 6.25.